The van der Waals surface area contributed by atoms with Gasteiger partial charge in [-0.15, -0.1) is 11.8 Å². The third kappa shape index (κ3) is 5.97. The number of hydrogen-bond acceptors (Lipinski definition) is 2. The lowest BCUT2D eigenvalue weighted by Crippen LogP contribution is -2.42. The van der Waals surface area contributed by atoms with E-state index in [1.807, 2.05) is 11.8 Å². The fraction of sp³-hybridized carbons (Fsp3) is 0.500. The average Bonchev–Trinajstić information content (AvgIpc) is 2.58. The van der Waals surface area contributed by atoms with Gasteiger partial charge in [0.15, 0.2) is 8.32 Å². The van der Waals surface area contributed by atoms with Crippen LogP contribution in [0.5, 0.6) is 0 Å². The standard InChI is InChI=1S/C24H36OSSi/c1-18(2)26-23(21-16-14-19(3)15-17-21)22(20-12-10-9-11-13-20)25-27(7,8)24(4,5)6/h9-18,22-23H,1-8H3/t22-,23-/m1/s1. The van der Waals surface area contributed by atoms with E-state index >= 15 is 0 Å². The molecular formula is C24H36OSSi. The highest BCUT2D eigenvalue weighted by Crippen LogP contribution is 2.48. The van der Waals surface area contributed by atoms with Gasteiger partial charge >= 0.3 is 0 Å². The molecule has 3 heteroatoms. The molecule has 0 heterocycles. The number of rotatable bonds is 7. The molecule has 0 radical (unpaired) electrons. The van der Waals surface area contributed by atoms with E-state index in [1.54, 1.807) is 0 Å². The van der Waals surface area contributed by atoms with Crippen LogP contribution in [0.1, 0.15) is 62.7 Å². The summed E-state index contributed by atoms with van der Waals surface area (Å²) in [6.07, 6.45) is 0.0576. The Balaban J connectivity index is 2.51. The van der Waals surface area contributed by atoms with Crippen molar-refractivity contribution in [3.63, 3.8) is 0 Å². The fourth-order valence-corrected chi connectivity index (χ4v) is 5.43. The van der Waals surface area contributed by atoms with Gasteiger partial charge in [-0.05, 0) is 41.4 Å². The number of benzene rings is 2. The molecule has 0 aromatic heterocycles. The Morgan fingerprint density at radius 3 is 1.89 bits per heavy atom. The number of thioether (sulfide) groups is 1. The maximum Gasteiger partial charge on any atom is 0.192 e. The van der Waals surface area contributed by atoms with Crippen LogP contribution in [0.25, 0.3) is 0 Å². The molecule has 27 heavy (non-hydrogen) atoms. The Bertz CT molecular complexity index is 701. The van der Waals surface area contributed by atoms with Crippen molar-refractivity contribution in [2.75, 3.05) is 0 Å². The molecule has 2 aromatic rings. The summed E-state index contributed by atoms with van der Waals surface area (Å²) in [4.78, 5) is 0. The summed E-state index contributed by atoms with van der Waals surface area (Å²) >= 11 is 2.01. The van der Waals surface area contributed by atoms with Gasteiger partial charge in [0.05, 0.1) is 11.4 Å². The minimum atomic E-state index is -1.92. The van der Waals surface area contributed by atoms with Crippen molar-refractivity contribution in [3.8, 4) is 0 Å². The zero-order valence-electron chi connectivity index (χ0n) is 18.2. The highest BCUT2D eigenvalue weighted by atomic mass is 32.2. The summed E-state index contributed by atoms with van der Waals surface area (Å²) in [7, 11) is -1.92. The predicted octanol–water partition coefficient (Wildman–Crippen LogP) is 7.94. The van der Waals surface area contributed by atoms with Crippen molar-refractivity contribution in [1.29, 1.82) is 0 Å². The monoisotopic (exact) mass is 400 g/mol. The lowest BCUT2D eigenvalue weighted by Gasteiger charge is -2.42. The minimum Gasteiger partial charge on any atom is -0.408 e. The van der Waals surface area contributed by atoms with Crippen molar-refractivity contribution >= 4 is 20.1 Å². The summed E-state index contributed by atoms with van der Waals surface area (Å²) in [5.74, 6) is 0. The molecule has 0 N–H and O–H groups in total. The zero-order chi connectivity index (χ0) is 20.2. The number of aryl methyl sites for hydroxylation is 1. The second-order valence-electron chi connectivity index (χ2n) is 9.23. The molecule has 0 amide bonds. The molecule has 2 aromatic carbocycles. The van der Waals surface area contributed by atoms with Crippen molar-refractivity contribution in [3.05, 3.63) is 71.3 Å². The Kier molecular flexibility index (Phi) is 7.40. The fourth-order valence-electron chi connectivity index (χ4n) is 2.82. The first-order chi connectivity index (χ1) is 12.5. The highest BCUT2D eigenvalue weighted by Gasteiger charge is 2.41. The predicted molar refractivity (Wildman–Crippen MR) is 124 cm³/mol. The van der Waals surface area contributed by atoms with Gasteiger partial charge in [0, 0.05) is 0 Å². The van der Waals surface area contributed by atoms with E-state index in [2.05, 4.69) is 109 Å². The second kappa shape index (κ2) is 8.98. The lowest BCUT2D eigenvalue weighted by atomic mass is 10.00. The van der Waals surface area contributed by atoms with Crippen molar-refractivity contribution in [1.82, 2.24) is 0 Å². The summed E-state index contributed by atoms with van der Waals surface area (Å²) in [6.45, 7) is 18.4. The van der Waals surface area contributed by atoms with Crippen LogP contribution in [0.2, 0.25) is 18.1 Å². The van der Waals surface area contributed by atoms with E-state index < -0.39 is 8.32 Å². The van der Waals surface area contributed by atoms with Crippen LogP contribution in [0.4, 0.5) is 0 Å². The summed E-state index contributed by atoms with van der Waals surface area (Å²) in [6, 6.07) is 19.8. The van der Waals surface area contributed by atoms with Crippen LogP contribution < -0.4 is 0 Å². The van der Waals surface area contributed by atoms with Crippen molar-refractivity contribution in [2.24, 2.45) is 0 Å². The summed E-state index contributed by atoms with van der Waals surface area (Å²) < 4.78 is 7.05. The van der Waals surface area contributed by atoms with Crippen LogP contribution in [-0.4, -0.2) is 13.6 Å². The molecule has 0 unspecified atom stereocenters. The van der Waals surface area contributed by atoms with Crippen LogP contribution in [0, 0.1) is 6.92 Å². The maximum atomic E-state index is 7.05. The number of hydrogen-bond donors (Lipinski definition) is 0. The van der Waals surface area contributed by atoms with Gasteiger partial charge in [-0.2, -0.15) is 0 Å². The van der Waals surface area contributed by atoms with E-state index in [4.69, 9.17) is 4.43 Å². The van der Waals surface area contributed by atoms with Gasteiger partial charge in [-0.3, -0.25) is 0 Å². The molecule has 0 aliphatic carbocycles. The van der Waals surface area contributed by atoms with E-state index in [0.717, 1.165) is 0 Å². The minimum absolute atomic E-state index is 0.0576. The molecule has 0 saturated heterocycles. The molecule has 1 nitrogen and oxygen atoms in total. The summed E-state index contributed by atoms with van der Waals surface area (Å²) in [5.41, 5.74) is 3.93. The first-order valence-electron chi connectivity index (χ1n) is 9.96. The first kappa shape index (κ1) is 22.3. The topological polar surface area (TPSA) is 9.23 Å². The highest BCUT2D eigenvalue weighted by molar-refractivity contribution is 8.00. The Labute approximate surface area is 172 Å². The van der Waals surface area contributed by atoms with Gasteiger partial charge in [-0.1, -0.05) is 94.8 Å². The molecule has 0 saturated carbocycles. The molecule has 0 aliphatic rings. The largest absolute Gasteiger partial charge is 0.408 e. The SMILES string of the molecule is Cc1ccc([C@@H](SC(C)C)[C@H](O[Si](C)(C)C(C)(C)C)c2ccccc2)cc1. The van der Waals surface area contributed by atoms with Crippen molar-refractivity contribution in [2.45, 2.75) is 76.3 Å². The van der Waals surface area contributed by atoms with Gasteiger partial charge in [0.2, 0.25) is 0 Å². The zero-order valence-corrected chi connectivity index (χ0v) is 20.1. The molecule has 0 bridgehead atoms. The van der Waals surface area contributed by atoms with Gasteiger partial charge in [0.25, 0.3) is 0 Å². The van der Waals surface area contributed by atoms with Crippen molar-refractivity contribution < 1.29 is 4.43 Å². The van der Waals surface area contributed by atoms with E-state index in [1.165, 1.54) is 16.7 Å². The molecular weight excluding hydrogens is 364 g/mol. The molecule has 0 spiro atoms. The lowest BCUT2D eigenvalue weighted by molar-refractivity contribution is 0.180. The van der Waals surface area contributed by atoms with E-state index in [-0.39, 0.29) is 16.4 Å². The van der Waals surface area contributed by atoms with E-state index in [0.29, 0.717) is 5.25 Å². The molecule has 2 rings (SSSR count). The third-order valence-corrected chi connectivity index (χ3v) is 11.3. The van der Waals surface area contributed by atoms with E-state index in [9.17, 15) is 0 Å². The van der Waals surface area contributed by atoms with Gasteiger partial charge in [-0.25, -0.2) is 0 Å². The quantitative estimate of drug-likeness (QED) is 0.436. The molecule has 0 fully saturated rings. The smallest absolute Gasteiger partial charge is 0.192 e. The first-order valence-corrected chi connectivity index (χ1v) is 13.8. The molecule has 2 atom stereocenters. The Morgan fingerprint density at radius 2 is 1.41 bits per heavy atom. The average molecular weight is 401 g/mol. The third-order valence-electron chi connectivity index (χ3n) is 5.46. The Hall–Kier alpha value is -1.03. The maximum absolute atomic E-state index is 7.05. The van der Waals surface area contributed by atoms with Crippen LogP contribution in [0.3, 0.4) is 0 Å². The Morgan fingerprint density at radius 1 is 0.852 bits per heavy atom. The molecule has 148 valence electrons. The van der Waals surface area contributed by atoms with Crippen LogP contribution in [-0.2, 0) is 4.43 Å². The van der Waals surface area contributed by atoms with Crippen LogP contribution in [0.15, 0.2) is 54.6 Å². The normalized spacial score (nSPS) is 15.0. The van der Waals surface area contributed by atoms with Crippen LogP contribution >= 0.6 is 11.8 Å². The second-order valence-corrected chi connectivity index (χ2v) is 15.7. The van der Waals surface area contributed by atoms with Gasteiger partial charge in [0.1, 0.15) is 0 Å². The molecule has 0 aliphatic heterocycles. The van der Waals surface area contributed by atoms with Gasteiger partial charge < -0.3 is 4.43 Å². The summed E-state index contributed by atoms with van der Waals surface area (Å²) in [5, 5.41) is 0.994.